The van der Waals surface area contributed by atoms with Crippen molar-refractivity contribution in [2.45, 2.75) is 25.7 Å². The number of aromatic hydroxyl groups is 2. The maximum atomic E-state index is 11.8. The van der Waals surface area contributed by atoms with Crippen molar-refractivity contribution >= 4 is 5.91 Å². The van der Waals surface area contributed by atoms with Crippen LogP contribution in [0.5, 0.6) is 11.5 Å². The molecule has 4 heteroatoms. The number of carbonyl (C=O) groups excluding carboxylic acids is 1. The highest BCUT2D eigenvalue weighted by Gasteiger charge is 2.16. The van der Waals surface area contributed by atoms with Gasteiger partial charge in [-0.05, 0) is 30.9 Å². The van der Waals surface area contributed by atoms with Crippen molar-refractivity contribution in [3.63, 3.8) is 0 Å². The third-order valence-corrected chi connectivity index (χ3v) is 3.19. The molecule has 2 rings (SSSR count). The molecule has 17 heavy (non-hydrogen) atoms. The molecule has 1 aliphatic carbocycles. The van der Waals surface area contributed by atoms with Gasteiger partial charge in [0.15, 0.2) is 0 Å². The van der Waals surface area contributed by atoms with Gasteiger partial charge in [-0.1, -0.05) is 12.8 Å². The summed E-state index contributed by atoms with van der Waals surface area (Å²) in [6, 6.07) is 3.90. The van der Waals surface area contributed by atoms with Crippen molar-refractivity contribution in [2.75, 3.05) is 6.54 Å². The summed E-state index contributed by atoms with van der Waals surface area (Å²) < 4.78 is 0. The molecule has 0 atom stereocenters. The first kappa shape index (κ1) is 11.8. The van der Waals surface area contributed by atoms with E-state index in [4.69, 9.17) is 0 Å². The van der Waals surface area contributed by atoms with Crippen LogP contribution in [0, 0.1) is 5.92 Å². The Balaban J connectivity index is 1.94. The Morgan fingerprint density at radius 1 is 1.18 bits per heavy atom. The molecular formula is C13H17NO3. The van der Waals surface area contributed by atoms with Crippen LogP contribution in [0.2, 0.25) is 0 Å². The van der Waals surface area contributed by atoms with E-state index in [9.17, 15) is 15.0 Å². The molecule has 3 N–H and O–H groups in total. The number of amides is 1. The van der Waals surface area contributed by atoms with Crippen LogP contribution in [-0.2, 0) is 0 Å². The van der Waals surface area contributed by atoms with Crippen molar-refractivity contribution in [3.8, 4) is 11.5 Å². The number of carbonyl (C=O) groups is 1. The lowest BCUT2D eigenvalue weighted by Gasteiger charge is -2.10. The molecule has 1 aromatic rings. The monoisotopic (exact) mass is 235 g/mol. The van der Waals surface area contributed by atoms with Gasteiger partial charge in [0.1, 0.15) is 11.5 Å². The zero-order valence-corrected chi connectivity index (χ0v) is 9.65. The quantitative estimate of drug-likeness (QED) is 0.750. The maximum Gasteiger partial charge on any atom is 0.251 e. The number of hydrogen-bond acceptors (Lipinski definition) is 3. The van der Waals surface area contributed by atoms with E-state index in [2.05, 4.69) is 5.32 Å². The number of nitrogens with one attached hydrogen (secondary N) is 1. The molecule has 1 aliphatic rings. The van der Waals surface area contributed by atoms with Gasteiger partial charge >= 0.3 is 0 Å². The topological polar surface area (TPSA) is 69.6 Å². The molecule has 0 aliphatic heterocycles. The second-order valence-electron chi connectivity index (χ2n) is 4.60. The van der Waals surface area contributed by atoms with Crippen LogP contribution >= 0.6 is 0 Å². The third-order valence-electron chi connectivity index (χ3n) is 3.19. The number of phenols is 2. The zero-order valence-electron chi connectivity index (χ0n) is 9.65. The van der Waals surface area contributed by atoms with Crippen molar-refractivity contribution in [3.05, 3.63) is 23.8 Å². The van der Waals surface area contributed by atoms with Gasteiger partial charge in [-0.3, -0.25) is 4.79 Å². The summed E-state index contributed by atoms with van der Waals surface area (Å²) in [5.41, 5.74) is 0.292. The van der Waals surface area contributed by atoms with Crippen molar-refractivity contribution in [1.82, 2.24) is 5.32 Å². The summed E-state index contributed by atoms with van der Waals surface area (Å²) in [6.45, 7) is 0.676. The van der Waals surface area contributed by atoms with Gasteiger partial charge in [-0.25, -0.2) is 0 Å². The third kappa shape index (κ3) is 3.12. The van der Waals surface area contributed by atoms with Gasteiger partial charge in [0.25, 0.3) is 5.91 Å². The van der Waals surface area contributed by atoms with E-state index in [1.165, 1.54) is 43.9 Å². The lowest BCUT2D eigenvalue weighted by molar-refractivity contribution is 0.0946. The van der Waals surface area contributed by atoms with Crippen LogP contribution in [0.1, 0.15) is 36.0 Å². The van der Waals surface area contributed by atoms with E-state index in [1.807, 2.05) is 0 Å². The fourth-order valence-electron chi connectivity index (χ4n) is 2.28. The van der Waals surface area contributed by atoms with Gasteiger partial charge < -0.3 is 15.5 Å². The van der Waals surface area contributed by atoms with E-state index in [0.717, 1.165) is 0 Å². The van der Waals surface area contributed by atoms with Crippen LogP contribution in [0.25, 0.3) is 0 Å². The Bertz CT molecular complexity index is 391. The largest absolute Gasteiger partial charge is 0.508 e. The van der Waals surface area contributed by atoms with Crippen molar-refractivity contribution in [1.29, 1.82) is 0 Å². The molecule has 0 aromatic heterocycles. The summed E-state index contributed by atoms with van der Waals surface area (Å²) in [7, 11) is 0. The predicted molar refractivity (Wildman–Crippen MR) is 64.1 cm³/mol. The Morgan fingerprint density at radius 3 is 2.35 bits per heavy atom. The van der Waals surface area contributed by atoms with Gasteiger partial charge in [0, 0.05) is 18.2 Å². The van der Waals surface area contributed by atoms with E-state index >= 15 is 0 Å². The normalized spacial score (nSPS) is 16.0. The van der Waals surface area contributed by atoms with E-state index in [-0.39, 0.29) is 17.4 Å². The molecule has 1 amide bonds. The Morgan fingerprint density at radius 2 is 1.76 bits per heavy atom. The SMILES string of the molecule is O=C(NCC1CCCC1)c1cc(O)cc(O)c1. The standard InChI is InChI=1S/C13H17NO3/c15-11-5-10(6-12(16)7-11)13(17)14-8-9-3-1-2-4-9/h5-7,9,15-16H,1-4,8H2,(H,14,17). The van der Waals surface area contributed by atoms with Crippen LogP contribution in [0.3, 0.4) is 0 Å². The lowest BCUT2D eigenvalue weighted by Crippen LogP contribution is -2.28. The highest BCUT2D eigenvalue weighted by atomic mass is 16.3. The molecule has 0 bridgehead atoms. The molecule has 1 saturated carbocycles. The van der Waals surface area contributed by atoms with E-state index in [0.29, 0.717) is 18.0 Å². The molecule has 0 radical (unpaired) electrons. The fourth-order valence-corrected chi connectivity index (χ4v) is 2.28. The fraction of sp³-hybridized carbons (Fsp3) is 0.462. The predicted octanol–water partition coefficient (Wildman–Crippen LogP) is 2.02. The average molecular weight is 235 g/mol. The smallest absolute Gasteiger partial charge is 0.251 e. The number of benzene rings is 1. The highest BCUT2D eigenvalue weighted by Crippen LogP contribution is 2.24. The number of rotatable bonds is 3. The summed E-state index contributed by atoms with van der Waals surface area (Å²) >= 11 is 0. The van der Waals surface area contributed by atoms with Crippen LogP contribution in [0.4, 0.5) is 0 Å². The summed E-state index contributed by atoms with van der Waals surface area (Å²) in [4.78, 5) is 11.8. The molecule has 0 unspecified atom stereocenters. The minimum atomic E-state index is -0.247. The first-order valence-electron chi connectivity index (χ1n) is 5.96. The van der Waals surface area contributed by atoms with Crippen molar-refractivity contribution < 1.29 is 15.0 Å². The molecule has 1 fully saturated rings. The average Bonchev–Trinajstić information content (AvgIpc) is 2.77. The van der Waals surface area contributed by atoms with Crippen LogP contribution < -0.4 is 5.32 Å². The number of hydrogen-bond donors (Lipinski definition) is 3. The Labute approximate surface area is 100 Å². The minimum Gasteiger partial charge on any atom is -0.508 e. The zero-order chi connectivity index (χ0) is 12.3. The van der Waals surface area contributed by atoms with E-state index in [1.54, 1.807) is 0 Å². The number of phenolic OH excluding ortho intramolecular Hbond substituents is 2. The first-order chi connectivity index (χ1) is 8.15. The highest BCUT2D eigenvalue weighted by molar-refractivity contribution is 5.95. The molecule has 0 saturated heterocycles. The lowest BCUT2D eigenvalue weighted by atomic mass is 10.1. The molecule has 92 valence electrons. The summed E-state index contributed by atoms with van der Waals surface area (Å²) in [5.74, 6) is 0.125. The van der Waals surface area contributed by atoms with Crippen LogP contribution in [0.15, 0.2) is 18.2 Å². The van der Waals surface area contributed by atoms with Gasteiger partial charge in [-0.2, -0.15) is 0 Å². The second-order valence-corrected chi connectivity index (χ2v) is 4.60. The summed E-state index contributed by atoms with van der Waals surface area (Å²) in [5, 5.41) is 21.4. The van der Waals surface area contributed by atoms with Gasteiger partial charge in [0.05, 0.1) is 0 Å². The Hall–Kier alpha value is -1.71. The molecular weight excluding hydrogens is 218 g/mol. The molecule has 0 heterocycles. The molecule has 1 aromatic carbocycles. The minimum absolute atomic E-state index is 0.101. The van der Waals surface area contributed by atoms with Crippen molar-refractivity contribution in [2.24, 2.45) is 5.92 Å². The Kier molecular flexibility index (Phi) is 3.52. The second kappa shape index (κ2) is 5.08. The summed E-state index contributed by atoms with van der Waals surface area (Å²) in [6.07, 6.45) is 4.83. The maximum absolute atomic E-state index is 11.8. The van der Waals surface area contributed by atoms with E-state index < -0.39 is 0 Å². The van der Waals surface area contributed by atoms with Gasteiger partial charge in [0.2, 0.25) is 0 Å². The first-order valence-corrected chi connectivity index (χ1v) is 5.96. The van der Waals surface area contributed by atoms with Gasteiger partial charge in [-0.15, -0.1) is 0 Å². The van der Waals surface area contributed by atoms with Crippen LogP contribution in [-0.4, -0.2) is 22.7 Å². The molecule has 4 nitrogen and oxygen atoms in total. The molecule has 0 spiro atoms.